The third-order valence-electron chi connectivity index (χ3n) is 12.9. The van der Waals surface area contributed by atoms with E-state index in [9.17, 15) is 34.2 Å². The quantitative estimate of drug-likeness (QED) is 0.0786. The van der Waals surface area contributed by atoms with E-state index in [1.165, 1.54) is 6.07 Å². The summed E-state index contributed by atoms with van der Waals surface area (Å²) in [4.78, 5) is 71.8. The molecule has 2 saturated heterocycles. The second-order valence-corrected chi connectivity index (χ2v) is 20.5. The number of amides is 2. The molecule has 5 aromatic rings. The van der Waals surface area contributed by atoms with E-state index in [0.717, 1.165) is 31.7 Å². The molecule has 4 heterocycles. The van der Waals surface area contributed by atoms with E-state index in [-0.39, 0.29) is 28.1 Å². The van der Waals surface area contributed by atoms with Crippen molar-refractivity contribution in [3.8, 4) is 22.5 Å². The summed E-state index contributed by atoms with van der Waals surface area (Å²) < 4.78 is 21.8. The summed E-state index contributed by atoms with van der Waals surface area (Å²) in [6.07, 6.45) is -1.14. The Morgan fingerprint density at radius 2 is 1.63 bits per heavy atom. The molecule has 14 nitrogen and oxygen atoms in total. The predicted molar refractivity (Wildman–Crippen MR) is 259 cm³/mol. The summed E-state index contributed by atoms with van der Waals surface area (Å²) in [6.45, 7) is 1.82. The third kappa shape index (κ3) is 7.09. The number of hydrogen-bond acceptors (Lipinski definition) is 12. The van der Waals surface area contributed by atoms with Crippen LogP contribution >= 0.6 is 43.2 Å². The van der Waals surface area contributed by atoms with E-state index >= 15 is 0 Å². The van der Waals surface area contributed by atoms with Crippen LogP contribution in [-0.4, -0.2) is 68.4 Å². The van der Waals surface area contributed by atoms with Crippen LogP contribution in [0, 0.1) is 18.8 Å². The van der Waals surface area contributed by atoms with Crippen LogP contribution in [0.4, 0.5) is 11.4 Å². The van der Waals surface area contributed by atoms with Gasteiger partial charge < -0.3 is 44.4 Å². The molecular weight excluding hydrogens is 1020 g/mol. The molecule has 10 rings (SSSR count). The van der Waals surface area contributed by atoms with Crippen molar-refractivity contribution in [2.75, 3.05) is 38.4 Å². The van der Waals surface area contributed by atoms with Gasteiger partial charge in [-0.05, 0) is 116 Å². The Morgan fingerprint density at radius 1 is 0.882 bits per heavy atom. The van der Waals surface area contributed by atoms with Gasteiger partial charge in [0.05, 0.1) is 28.9 Å². The van der Waals surface area contributed by atoms with E-state index in [1.54, 1.807) is 67.6 Å². The summed E-state index contributed by atoms with van der Waals surface area (Å²) in [5, 5.41) is 32.2. The van der Waals surface area contributed by atoms with Crippen LogP contribution in [0.5, 0.6) is 0 Å². The lowest BCUT2D eigenvalue weighted by molar-refractivity contribution is -0.255. The topological polar surface area (TPSA) is 191 Å². The molecule has 0 radical (unpaired) electrons. The normalized spacial score (nSPS) is 21.3. The number of nitrogens with zero attached hydrogens (tertiary/aromatic N) is 2. The molecule has 4 aromatic carbocycles. The smallest absolute Gasteiger partial charge is 0.316 e. The molecule has 0 bridgehead atoms. The number of Topliss-reactive ketones (excluding diaryl/α,β-unsaturated/α-hetero) is 1. The van der Waals surface area contributed by atoms with Gasteiger partial charge in [-0.2, -0.15) is 0 Å². The van der Waals surface area contributed by atoms with E-state index in [4.69, 9.17) is 13.9 Å². The maximum atomic E-state index is 14.4. The predicted octanol–water partition coefficient (Wildman–Crippen LogP) is 6.77. The first-order chi connectivity index (χ1) is 32.4. The lowest BCUT2D eigenvalue weighted by Gasteiger charge is -2.31. The van der Waals surface area contributed by atoms with E-state index < -0.39 is 58.9 Å². The average Bonchev–Trinajstić information content (AvgIpc) is 4.00. The Kier molecular flexibility index (Phi) is 11.1. The number of esters is 1. The number of ketones is 1. The van der Waals surface area contributed by atoms with Gasteiger partial charge in [-0.1, -0.05) is 24.3 Å². The Morgan fingerprint density at radius 3 is 2.34 bits per heavy atom. The number of hydrogen-bond donors (Lipinski definition) is 3. The lowest BCUT2D eigenvalue weighted by Crippen LogP contribution is -2.53. The summed E-state index contributed by atoms with van der Waals surface area (Å²) in [5.74, 6) is -8.85. The van der Waals surface area contributed by atoms with Gasteiger partial charge in [0.1, 0.15) is 31.4 Å². The number of aromatic carboxylic acids is 1. The fourth-order valence-corrected chi connectivity index (χ4v) is 11.4. The summed E-state index contributed by atoms with van der Waals surface area (Å²) in [7, 11) is 7.67. The average molecular weight is 1060 g/mol. The van der Waals surface area contributed by atoms with Gasteiger partial charge in [0, 0.05) is 91.2 Å². The largest absolute Gasteiger partial charge is 0.545 e. The van der Waals surface area contributed by atoms with Crippen LogP contribution in [0.2, 0.25) is 0 Å². The minimum atomic E-state index is -2.42. The van der Waals surface area contributed by atoms with Gasteiger partial charge in [-0.3, -0.25) is 19.2 Å². The molecule has 2 aliphatic carbocycles. The maximum absolute atomic E-state index is 14.4. The highest BCUT2D eigenvalue weighted by Gasteiger charge is 2.83. The van der Waals surface area contributed by atoms with Crippen LogP contribution in [0.1, 0.15) is 58.1 Å². The van der Waals surface area contributed by atoms with Gasteiger partial charge in [-0.25, -0.2) is 4.58 Å². The van der Waals surface area contributed by atoms with Crippen molar-refractivity contribution in [2.24, 2.45) is 11.8 Å². The van der Waals surface area contributed by atoms with Gasteiger partial charge in [-0.15, -0.1) is 11.3 Å². The number of carboxylic acids is 1. The lowest BCUT2D eigenvalue weighted by atomic mass is 9.75. The van der Waals surface area contributed by atoms with Gasteiger partial charge >= 0.3 is 5.97 Å². The fourth-order valence-electron chi connectivity index (χ4n) is 9.62. The number of aliphatic hydroxyl groups is 1. The van der Waals surface area contributed by atoms with Gasteiger partial charge in [0.2, 0.25) is 22.6 Å². The van der Waals surface area contributed by atoms with Crippen molar-refractivity contribution < 1.29 is 48.1 Å². The first-order valence-corrected chi connectivity index (χ1v) is 23.8. The number of thiophene rings is 1. The summed E-state index contributed by atoms with van der Waals surface area (Å²) in [5.41, 5.74) is 2.51. The molecule has 2 fully saturated rings. The van der Waals surface area contributed by atoms with Gasteiger partial charge in [0.25, 0.3) is 11.7 Å². The van der Waals surface area contributed by atoms with Crippen LogP contribution in [-0.2, 0) is 31.4 Å². The Hall–Kier alpha value is -6.50. The number of nitrogens with one attached hydrogen (secondary N) is 2. The Balaban J connectivity index is 0.895. The second kappa shape index (κ2) is 16.6. The number of carbonyl (C=O) groups excluding carboxylic acids is 5. The molecule has 2 amide bonds. The maximum Gasteiger partial charge on any atom is 0.316 e. The number of carbonyl (C=O) groups is 5. The van der Waals surface area contributed by atoms with Crippen molar-refractivity contribution in [2.45, 2.75) is 31.0 Å². The van der Waals surface area contributed by atoms with Crippen molar-refractivity contribution in [3.63, 3.8) is 0 Å². The second-order valence-electron chi connectivity index (χ2n) is 17.5. The first kappa shape index (κ1) is 45.3. The summed E-state index contributed by atoms with van der Waals surface area (Å²) >= 11 is 8.08. The van der Waals surface area contributed by atoms with Crippen LogP contribution in [0.3, 0.4) is 0 Å². The number of rotatable bonds is 9. The summed E-state index contributed by atoms with van der Waals surface area (Å²) in [6, 6.07) is 29.3. The van der Waals surface area contributed by atoms with Crippen molar-refractivity contribution in [1.82, 2.24) is 9.89 Å². The van der Waals surface area contributed by atoms with Crippen molar-refractivity contribution in [3.05, 3.63) is 155 Å². The Bertz CT molecular complexity index is 3380. The fraction of sp³-hybridized carbons (Fsp3) is 0.216. The third-order valence-corrected chi connectivity index (χ3v) is 15.9. The molecule has 17 heteroatoms. The number of ether oxygens (including phenoxy) is 2. The number of halogens is 2. The molecule has 3 N–H and O–H groups in total. The molecule has 3 aliphatic heterocycles. The highest BCUT2D eigenvalue weighted by molar-refractivity contribution is 9.13. The van der Waals surface area contributed by atoms with Crippen LogP contribution in [0.25, 0.3) is 33.4 Å². The molecule has 5 atom stereocenters. The number of carboxylic acid groups (broad SMARTS) is 1. The standard InChI is InChI=1S/C51H40Br2N4O10S/c1-24-18-35-44(58)50-42(49(63)67-51(50,64)45(35)68-24)41(43(66-50)26-9-17-36(52)37(53)20-26)47(60)55-28-10-6-25(7-11-28)23-54-46(59)27-8-14-31(34(19-27)48(61)62)40-32-15-12-29(56(2)3)21-38(32)65-39-22-30(57(4)5)13-16-33(39)40/h6-22,41-43,64H,23H2,1-5H3,(H2-,54,55,59,60,61,62)/t41-,42-,43-,50+,51?/m0/s1. The molecule has 1 unspecified atom stereocenters. The molecule has 5 aliphatic rings. The minimum Gasteiger partial charge on any atom is -0.545 e. The highest BCUT2D eigenvalue weighted by Crippen LogP contribution is 2.66. The number of benzene rings is 5. The zero-order valence-electron chi connectivity index (χ0n) is 36.9. The van der Waals surface area contributed by atoms with Crippen molar-refractivity contribution in [1.29, 1.82) is 0 Å². The van der Waals surface area contributed by atoms with Crippen LogP contribution < -0.4 is 30.6 Å². The zero-order chi connectivity index (χ0) is 48.1. The van der Waals surface area contributed by atoms with E-state index in [1.807, 2.05) is 74.1 Å². The molecule has 68 heavy (non-hydrogen) atoms. The van der Waals surface area contributed by atoms with E-state index in [0.29, 0.717) is 54.7 Å². The molecule has 1 spiro atoms. The number of anilines is 2. The van der Waals surface area contributed by atoms with E-state index in [2.05, 4.69) is 42.5 Å². The van der Waals surface area contributed by atoms with Gasteiger partial charge in [0.15, 0.2) is 0 Å². The molecule has 1 aromatic heterocycles. The Labute approximate surface area is 409 Å². The molecule has 344 valence electrons. The number of aryl methyl sites for hydroxylation is 1. The monoisotopic (exact) mass is 1060 g/mol. The first-order valence-electron chi connectivity index (χ1n) is 21.4. The molecular formula is C51H40Br2N4O10S. The SMILES string of the molecule is Cc1cc2c(s1)C1(O)OC(=O)[C@@H]3[C@H](C(=O)Nc4ccc(CNC(=O)c5ccc(-c6c7ccc(=[N+](C)C)cc-7oc7cc(N(C)C)ccc67)c(C(=O)[O-])c5)cc4)[C@H](c4ccc(Br)c(Br)c4)O[C@@]31C2=O. The molecule has 0 saturated carbocycles. The van der Waals surface area contributed by atoms with Crippen molar-refractivity contribution >= 4 is 95.1 Å². The minimum absolute atomic E-state index is 0.0467. The zero-order valence-corrected chi connectivity index (χ0v) is 40.9. The number of fused-ring (bicyclic) bond motifs is 4. The van der Waals surface area contributed by atoms with Crippen LogP contribution in [0.15, 0.2) is 116 Å². The highest BCUT2D eigenvalue weighted by atomic mass is 79.9.